The third-order valence-electron chi connectivity index (χ3n) is 2.97. The number of halogens is 2. The fourth-order valence-corrected chi connectivity index (χ4v) is 3.30. The van der Waals surface area contributed by atoms with Crippen LogP contribution in [0.1, 0.15) is 46.7 Å². The summed E-state index contributed by atoms with van der Waals surface area (Å²) in [6.07, 6.45) is 0.187. The van der Waals surface area contributed by atoms with E-state index in [4.69, 9.17) is 11.6 Å². The molecule has 0 atom stereocenters. The molecule has 0 saturated carbocycles. The van der Waals surface area contributed by atoms with Crippen molar-refractivity contribution in [1.82, 2.24) is 4.98 Å². The van der Waals surface area contributed by atoms with Gasteiger partial charge in [0, 0.05) is 22.4 Å². The van der Waals surface area contributed by atoms with E-state index in [-0.39, 0.29) is 16.7 Å². The van der Waals surface area contributed by atoms with Gasteiger partial charge in [0.25, 0.3) is 0 Å². The molecule has 3 nitrogen and oxygen atoms in total. The van der Waals surface area contributed by atoms with Crippen LogP contribution in [0.2, 0.25) is 5.02 Å². The van der Waals surface area contributed by atoms with Crippen LogP contribution in [0.3, 0.4) is 0 Å². The summed E-state index contributed by atoms with van der Waals surface area (Å²) in [4.78, 5) is 15.9. The number of hydrogen-bond donors (Lipinski definition) is 1. The van der Waals surface area contributed by atoms with Gasteiger partial charge >= 0.3 is 5.97 Å². The number of thiazole rings is 1. The van der Waals surface area contributed by atoms with Gasteiger partial charge in [0.15, 0.2) is 0 Å². The maximum atomic E-state index is 13.8. The first kappa shape index (κ1) is 15.9. The maximum Gasteiger partial charge on any atom is 0.347 e. The minimum absolute atomic E-state index is 0.187. The lowest BCUT2D eigenvalue weighted by atomic mass is 9.91. The van der Waals surface area contributed by atoms with Gasteiger partial charge in [-0.1, -0.05) is 38.4 Å². The van der Waals surface area contributed by atoms with Crippen LogP contribution in [0.4, 0.5) is 4.39 Å². The zero-order valence-electron chi connectivity index (χ0n) is 11.9. The molecule has 112 valence electrons. The van der Waals surface area contributed by atoms with E-state index in [2.05, 4.69) is 4.98 Å². The van der Waals surface area contributed by atoms with E-state index in [9.17, 15) is 14.3 Å². The molecule has 0 radical (unpaired) electrons. The van der Waals surface area contributed by atoms with E-state index in [1.807, 2.05) is 20.8 Å². The van der Waals surface area contributed by atoms with Gasteiger partial charge in [-0.05, 0) is 12.1 Å². The summed E-state index contributed by atoms with van der Waals surface area (Å²) >= 11 is 7.07. The van der Waals surface area contributed by atoms with Crippen molar-refractivity contribution in [2.45, 2.75) is 32.6 Å². The molecular weight excluding hydrogens is 313 g/mol. The Kier molecular flexibility index (Phi) is 4.35. The second-order valence-electron chi connectivity index (χ2n) is 5.72. The lowest BCUT2D eigenvalue weighted by molar-refractivity contribution is 0.0699. The van der Waals surface area contributed by atoms with E-state index >= 15 is 0 Å². The van der Waals surface area contributed by atoms with Crippen LogP contribution in [0.25, 0.3) is 0 Å². The van der Waals surface area contributed by atoms with Crippen LogP contribution in [0.15, 0.2) is 18.2 Å². The highest BCUT2D eigenvalue weighted by Crippen LogP contribution is 2.32. The number of carbonyl (C=O) groups is 1. The number of benzene rings is 1. The Morgan fingerprint density at radius 3 is 2.57 bits per heavy atom. The average Bonchev–Trinajstić information content (AvgIpc) is 2.78. The lowest BCUT2D eigenvalue weighted by Gasteiger charge is -2.16. The molecule has 0 amide bonds. The number of hydrogen-bond acceptors (Lipinski definition) is 3. The fourth-order valence-electron chi connectivity index (χ4n) is 1.95. The summed E-state index contributed by atoms with van der Waals surface area (Å²) in [5, 5.41) is 10.2. The van der Waals surface area contributed by atoms with Crippen LogP contribution in [0.5, 0.6) is 0 Å². The zero-order valence-corrected chi connectivity index (χ0v) is 13.5. The molecule has 0 unspecified atom stereocenters. The lowest BCUT2D eigenvalue weighted by Crippen LogP contribution is -2.16. The summed E-state index contributed by atoms with van der Waals surface area (Å²) in [6.45, 7) is 5.69. The molecule has 1 N–H and O–H groups in total. The third kappa shape index (κ3) is 3.41. The molecule has 0 fully saturated rings. The van der Waals surface area contributed by atoms with Crippen molar-refractivity contribution in [2.24, 2.45) is 0 Å². The number of rotatable bonds is 3. The van der Waals surface area contributed by atoms with Crippen molar-refractivity contribution in [3.8, 4) is 0 Å². The van der Waals surface area contributed by atoms with Gasteiger partial charge in [0.05, 0.1) is 10.7 Å². The van der Waals surface area contributed by atoms with E-state index < -0.39 is 11.8 Å². The van der Waals surface area contributed by atoms with E-state index in [0.29, 0.717) is 21.3 Å². The van der Waals surface area contributed by atoms with Gasteiger partial charge in [0.2, 0.25) is 0 Å². The normalized spacial score (nSPS) is 11.7. The number of aromatic carboxylic acids is 1. The van der Waals surface area contributed by atoms with Gasteiger partial charge in [-0.25, -0.2) is 14.2 Å². The van der Waals surface area contributed by atoms with Crippen LogP contribution >= 0.6 is 22.9 Å². The zero-order chi connectivity index (χ0) is 15.8. The van der Waals surface area contributed by atoms with Crippen molar-refractivity contribution in [2.75, 3.05) is 0 Å². The molecule has 2 aromatic rings. The van der Waals surface area contributed by atoms with Gasteiger partial charge in [-0.2, -0.15) is 0 Å². The highest BCUT2D eigenvalue weighted by molar-refractivity contribution is 7.13. The minimum Gasteiger partial charge on any atom is -0.477 e. The van der Waals surface area contributed by atoms with Crippen molar-refractivity contribution in [3.63, 3.8) is 0 Å². The van der Waals surface area contributed by atoms with E-state index in [0.717, 1.165) is 11.3 Å². The molecule has 0 saturated heterocycles. The molecule has 0 bridgehead atoms. The molecule has 1 heterocycles. The predicted molar refractivity (Wildman–Crippen MR) is 82.0 cm³/mol. The molecule has 0 spiro atoms. The number of nitrogens with zero attached hydrogens (tertiary/aromatic N) is 1. The first-order valence-electron chi connectivity index (χ1n) is 6.36. The summed E-state index contributed by atoms with van der Waals surface area (Å²) in [5.41, 5.74) is 0.467. The number of carboxylic acid groups (broad SMARTS) is 1. The number of aromatic nitrogens is 1. The van der Waals surface area contributed by atoms with Crippen molar-refractivity contribution >= 4 is 28.9 Å². The maximum absolute atomic E-state index is 13.8. The smallest absolute Gasteiger partial charge is 0.347 e. The Morgan fingerprint density at radius 2 is 2.10 bits per heavy atom. The Hall–Kier alpha value is -1.46. The number of carboxylic acids is 1. The Labute approximate surface area is 131 Å². The van der Waals surface area contributed by atoms with Crippen LogP contribution < -0.4 is 0 Å². The van der Waals surface area contributed by atoms with Crippen molar-refractivity contribution in [3.05, 3.63) is 50.2 Å². The highest BCUT2D eigenvalue weighted by Gasteiger charge is 2.27. The highest BCUT2D eigenvalue weighted by atomic mass is 35.5. The summed E-state index contributed by atoms with van der Waals surface area (Å²) in [7, 11) is 0. The first-order valence-corrected chi connectivity index (χ1v) is 7.56. The largest absolute Gasteiger partial charge is 0.477 e. The Balaban J connectivity index is 2.45. The quantitative estimate of drug-likeness (QED) is 0.901. The molecule has 1 aromatic carbocycles. The van der Waals surface area contributed by atoms with Crippen LogP contribution in [-0.2, 0) is 11.8 Å². The second kappa shape index (κ2) is 5.73. The van der Waals surface area contributed by atoms with Crippen LogP contribution in [0, 0.1) is 5.82 Å². The standard InChI is InChI=1S/C15H15ClFNO2S/c1-15(2,3)13-12(14(19)20)21-11(18-13)7-8-9(16)5-4-6-10(8)17/h4-6H,7H2,1-3H3,(H,19,20). The third-order valence-corrected chi connectivity index (χ3v) is 4.36. The molecule has 6 heteroatoms. The SMILES string of the molecule is CC(C)(C)c1nc(Cc2c(F)cccc2Cl)sc1C(=O)O. The Morgan fingerprint density at radius 1 is 1.43 bits per heavy atom. The van der Waals surface area contributed by atoms with Gasteiger partial charge in [0.1, 0.15) is 10.7 Å². The molecule has 2 rings (SSSR count). The second-order valence-corrected chi connectivity index (χ2v) is 7.21. The van der Waals surface area contributed by atoms with Crippen molar-refractivity contribution < 1.29 is 14.3 Å². The first-order chi connectivity index (χ1) is 9.70. The van der Waals surface area contributed by atoms with Gasteiger partial charge < -0.3 is 5.11 Å². The van der Waals surface area contributed by atoms with Gasteiger partial charge in [-0.15, -0.1) is 11.3 Å². The molecule has 21 heavy (non-hydrogen) atoms. The summed E-state index contributed by atoms with van der Waals surface area (Å²) in [6, 6.07) is 4.47. The average molecular weight is 328 g/mol. The van der Waals surface area contributed by atoms with Gasteiger partial charge in [-0.3, -0.25) is 0 Å². The molecule has 0 aliphatic rings. The fraction of sp³-hybridized carbons (Fsp3) is 0.333. The monoisotopic (exact) mass is 327 g/mol. The van der Waals surface area contributed by atoms with E-state index in [1.54, 1.807) is 6.07 Å². The topological polar surface area (TPSA) is 50.2 Å². The molecular formula is C15H15ClFNO2S. The Bertz CT molecular complexity index is 671. The summed E-state index contributed by atoms with van der Waals surface area (Å²) in [5.74, 6) is -1.42. The summed E-state index contributed by atoms with van der Waals surface area (Å²) < 4.78 is 13.8. The van der Waals surface area contributed by atoms with Crippen LogP contribution in [-0.4, -0.2) is 16.1 Å². The van der Waals surface area contributed by atoms with E-state index in [1.165, 1.54) is 12.1 Å². The molecule has 1 aromatic heterocycles. The predicted octanol–water partition coefficient (Wildman–Crippen LogP) is 4.52. The molecule has 0 aliphatic carbocycles. The van der Waals surface area contributed by atoms with Crippen molar-refractivity contribution in [1.29, 1.82) is 0 Å². The minimum atomic E-state index is -1.01. The molecule has 0 aliphatic heterocycles.